The fraction of sp³-hybridized carbons (Fsp3) is 0.0476. The lowest BCUT2D eigenvalue weighted by Gasteiger charge is -2.08. The lowest BCUT2D eigenvalue weighted by Crippen LogP contribution is -2.09. The molecule has 0 saturated carbocycles. The molecule has 1 amide bonds. The van der Waals surface area contributed by atoms with Gasteiger partial charge in [0.1, 0.15) is 22.8 Å². The van der Waals surface area contributed by atoms with Crippen molar-refractivity contribution in [2.45, 2.75) is 6.92 Å². The number of carbonyl (C=O) groups is 2. The summed E-state index contributed by atoms with van der Waals surface area (Å²) in [5.41, 5.74) is 0.394. The summed E-state index contributed by atoms with van der Waals surface area (Å²) < 4.78 is 5.56. The molecule has 3 rings (SSSR count). The Labute approximate surface area is 170 Å². The molecule has 1 heterocycles. The first-order valence-electron chi connectivity index (χ1n) is 8.66. The molecule has 0 aliphatic heterocycles. The molecule has 0 aliphatic rings. The number of nitrogens with one attached hydrogen (secondary N) is 1. The summed E-state index contributed by atoms with van der Waals surface area (Å²) >= 11 is 0. The molecule has 0 atom stereocenters. The monoisotopic (exact) mass is 408 g/mol. The number of aromatic carboxylic acids is 1. The zero-order chi connectivity index (χ0) is 21.8. The number of carbonyl (C=O) groups excluding carboxylic acids is 1. The van der Waals surface area contributed by atoms with Gasteiger partial charge >= 0.3 is 5.97 Å². The summed E-state index contributed by atoms with van der Waals surface area (Å²) in [5, 5.41) is 32.5. The maximum absolute atomic E-state index is 12.1. The number of para-hydroxylation sites is 1. The van der Waals surface area contributed by atoms with E-state index in [1.165, 1.54) is 31.2 Å². The van der Waals surface area contributed by atoms with Crippen LogP contribution in [0.5, 0.6) is 5.75 Å². The number of anilines is 1. The van der Waals surface area contributed by atoms with E-state index in [1.807, 2.05) is 0 Å². The van der Waals surface area contributed by atoms with E-state index >= 15 is 0 Å². The maximum Gasteiger partial charge on any atom is 0.339 e. The minimum absolute atomic E-state index is 0.0999. The predicted molar refractivity (Wildman–Crippen MR) is 108 cm³/mol. The van der Waals surface area contributed by atoms with Crippen molar-refractivity contribution in [3.8, 4) is 17.1 Å². The lowest BCUT2D eigenvalue weighted by atomic mass is 10.1. The second kappa shape index (κ2) is 8.31. The summed E-state index contributed by atoms with van der Waals surface area (Å²) in [6.45, 7) is 1.51. The van der Waals surface area contributed by atoms with Crippen LogP contribution in [-0.2, 0) is 4.79 Å². The first-order valence-corrected chi connectivity index (χ1v) is 8.66. The van der Waals surface area contributed by atoms with Gasteiger partial charge in [0.2, 0.25) is 5.91 Å². The summed E-state index contributed by atoms with van der Waals surface area (Å²) in [6.07, 6.45) is 2.55. The fourth-order valence-electron chi connectivity index (χ4n) is 2.78. The van der Waals surface area contributed by atoms with Crippen molar-refractivity contribution in [3.63, 3.8) is 0 Å². The smallest absolute Gasteiger partial charge is 0.339 e. The Morgan fingerprint density at radius 2 is 1.90 bits per heavy atom. The topological polar surface area (TPSA) is 143 Å². The quantitative estimate of drug-likeness (QED) is 0.240. The van der Waals surface area contributed by atoms with Gasteiger partial charge in [0.25, 0.3) is 5.69 Å². The van der Waals surface area contributed by atoms with Gasteiger partial charge in [0.15, 0.2) is 0 Å². The number of phenols is 1. The fourth-order valence-corrected chi connectivity index (χ4v) is 2.78. The van der Waals surface area contributed by atoms with Crippen LogP contribution in [0.4, 0.5) is 11.4 Å². The molecule has 3 N–H and O–H groups in total. The van der Waals surface area contributed by atoms with Crippen LogP contribution in [0.15, 0.2) is 59.0 Å². The number of amides is 1. The van der Waals surface area contributed by atoms with Crippen molar-refractivity contribution in [2.75, 3.05) is 5.32 Å². The van der Waals surface area contributed by atoms with Gasteiger partial charge in [-0.3, -0.25) is 14.9 Å². The van der Waals surface area contributed by atoms with Crippen molar-refractivity contribution < 1.29 is 29.1 Å². The van der Waals surface area contributed by atoms with Gasteiger partial charge in [-0.25, -0.2) is 4.79 Å². The summed E-state index contributed by atoms with van der Waals surface area (Å²) in [5.74, 6) is -1.66. The van der Waals surface area contributed by atoms with Gasteiger partial charge < -0.3 is 19.9 Å². The number of aryl methyl sites for hydroxylation is 1. The van der Waals surface area contributed by atoms with E-state index in [2.05, 4.69) is 5.32 Å². The van der Waals surface area contributed by atoms with E-state index in [0.717, 1.165) is 6.07 Å². The Hall–Kier alpha value is -4.40. The van der Waals surface area contributed by atoms with E-state index in [1.54, 1.807) is 30.3 Å². The van der Waals surface area contributed by atoms with Gasteiger partial charge in [0, 0.05) is 17.8 Å². The molecular formula is C21H16N2O7. The molecule has 0 saturated heterocycles. The predicted octanol–water partition coefficient (Wildman–Crippen LogP) is 4.22. The zero-order valence-electron chi connectivity index (χ0n) is 15.7. The first kappa shape index (κ1) is 20.3. The molecule has 2 aromatic carbocycles. The standard InChI is InChI=1S/C21H16N2O7/c1-12-10-13(11-16(20(12)25)21(26)27)22-19(24)9-7-14-6-8-18(30-14)15-4-2-3-5-17(15)23(28)29/h2-11,25H,1H3,(H,22,24)(H,26,27)/b9-7+. The van der Waals surface area contributed by atoms with Gasteiger partial charge in [-0.15, -0.1) is 0 Å². The highest BCUT2D eigenvalue weighted by atomic mass is 16.6. The van der Waals surface area contributed by atoms with Crippen molar-refractivity contribution in [2.24, 2.45) is 0 Å². The number of benzene rings is 2. The second-order valence-corrected chi connectivity index (χ2v) is 6.29. The Balaban J connectivity index is 1.76. The molecule has 0 radical (unpaired) electrons. The van der Waals surface area contributed by atoms with E-state index in [-0.39, 0.29) is 28.4 Å². The summed E-state index contributed by atoms with van der Waals surface area (Å²) in [4.78, 5) is 33.9. The van der Waals surface area contributed by atoms with E-state index in [9.17, 15) is 24.8 Å². The highest BCUT2D eigenvalue weighted by molar-refractivity contribution is 6.03. The molecule has 0 unspecified atom stereocenters. The van der Waals surface area contributed by atoms with Crippen LogP contribution < -0.4 is 5.32 Å². The minimum atomic E-state index is -1.32. The lowest BCUT2D eigenvalue weighted by molar-refractivity contribution is -0.384. The normalized spacial score (nSPS) is 10.8. The number of aromatic hydroxyl groups is 1. The average Bonchev–Trinajstić information content (AvgIpc) is 3.17. The summed E-state index contributed by atoms with van der Waals surface area (Å²) in [7, 11) is 0. The van der Waals surface area contributed by atoms with Crippen molar-refractivity contribution in [1.82, 2.24) is 0 Å². The van der Waals surface area contributed by atoms with Crippen LogP contribution in [-0.4, -0.2) is 27.0 Å². The molecule has 152 valence electrons. The van der Waals surface area contributed by atoms with E-state index < -0.39 is 16.8 Å². The number of furan rings is 1. The number of hydrogen-bond acceptors (Lipinski definition) is 6. The average molecular weight is 408 g/mol. The molecule has 9 heteroatoms. The number of nitro groups is 1. The Kier molecular flexibility index (Phi) is 5.63. The molecule has 0 spiro atoms. The molecule has 9 nitrogen and oxygen atoms in total. The molecule has 0 fully saturated rings. The Morgan fingerprint density at radius 3 is 2.60 bits per heavy atom. The SMILES string of the molecule is Cc1cc(NC(=O)/C=C/c2ccc(-c3ccccc3[N+](=O)[O-])o2)cc(C(=O)O)c1O. The third kappa shape index (κ3) is 4.36. The third-order valence-corrected chi connectivity index (χ3v) is 4.19. The van der Waals surface area contributed by atoms with Crippen molar-refractivity contribution in [3.05, 3.63) is 81.6 Å². The van der Waals surface area contributed by atoms with Crippen LogP contribution in [0.2, 0.25) is 0 Å². The van der Waals surface area contributed by atoms with Crippen LogP contribution in [0.1, 0.15) is 21.7 Å². The second-order valence-electron chi connectivity index (χ2n) is 6.29. The van der Waals surface area contributed by atoms with Gasteiger partial charge in [-0.2, -0.15) is 0 Å². The van der Waals surface area contributed by atoms with E-state index in [0.29, 0.717) is 16.9 Å². The number of nitro benzene ring substituents is 1. The largest absolute Gasteiger partial charge is 0.507 e. The third-order valence-electron chi connectivity index (χ3n) is 4.19. The van der Waals surface area contributed by atoms with Crippen LogP contribution in [0.3, 0.4) is 0 Å². The van der Waals surface area contributed by atoms with Crippen LogP contribution >= 0.6 is 0 Å². The Bertz CT molecular complexity index is 1180. The minimum Gasteiger partial charge on any atom is -0.507 e. The maximum atomic E-state index is 12.1. The molecule has 1 aromatic heterocycles. The number of carboxylic acids is 1. The van der Waals surface area contributed by atoms with Gasteiger partial charge in [-0.1, -0.05) is 12.1 Å². The highest BCUT2D eigenvalue weighted by Gasteiger charge is 2.17. The number of hydrogen-bond donors (Lipinski definition) is 3. The molecule has 0 aliphatic carbocycles. The van der Waals surface area contributed by atoms with Crippen molar-refractivity contribution >= 4 is 29.3 Å². The van der Waals surface area contributed by atoms with Crippen molar-refractivity contribution in [1.29, 1.82) is 0 Å². The van der Waals surface area contributed by atoms with E-state index in [4.69, 9.17) is 9.52 Å². The molecule has 3 aromatic rings. The van der Waals surface area contributed by atoms with Gasteiger partial charge in [0.05, 0.1) is 10.5 Å². The molecular weight excluding hydrogens is 392 g/mol. The highest BCUT2D eigenvalue weighted by Crippen LogP contribution is 2.31. The van der Waals surface area contributed by atoms with Crippen LogP contribution in [0, 0.1) is 17.0 Å². The first-order chi connectivity index (χ1) is 14.3. The molecule has 30 heavy (non-hydrogen) atoms. The Morgan fingerprint density at radius 1 is 1.17 bits per heavy atom. The van der Waals surface area contributed by atoms with Crippen LogP contribution in [0.25, 0.3) is 17.4 Å². The van der Waals surface area contributed by atoms with Gasteiger partial charge in [-0.05, 0) is 48.9 Å². The number of rotatable bonds is 6. The molecule has 0 bridgehead atoms. The summed E-state index contributed by atoms with van der Waals surface area (Å²) in [6, 6.07) is 11.8. The zero-order valence-corrected chi connectivity index (χ0v) is 15.7. The number of carboxylic acid groups (broad SMARTS) is 1. The number of nitrogens with zero attached hydrogens (tertiary/aromatic N) is 1.